The molecule has 0 fully saturated rings. The fourth-order valence-corrected chi connectivity index (χ4v) is 3.62. The molecule has 0 aromatic heterocycles. The molecule has 12 nitrogen and oxygen atoms in total. The Bertz CT molecular complexity index is 1860. The van der Waals surface area contributed by atoms with E-state index in [1.54, 1.807) is 92.7 Å². The van der Waals surface area contributed by atoms with E-state index in [1.165, 1.54) is 12.1 Å². The standard InChI is InChI=1S/C36H33FN6O6/c1-24(2)35(44)48-21-19-46-31-14-9-28(10-15-31)39-38-26-5-7-27(8-6-26)41-43-34-18-13-30(23-33(34)37)42-40-29-11-16-32(17-12-29)47-20-22-49-36(45)25(3)4/h5-18,23H,1,3,19-22H2,2,4H3. The minimum Gasteiger partial charge on any atom is -0.490 e. The van der Waals surface area contributed by atoms with Gasteiger partial charge in [-0.3, -0.25) is 0 Å². The quantitative estimate of drug-likeness (QED) is 0.0504. The van der Waals surface area contributed by atoms with Crippen LogP contribution in [0.15, 0.2) is 146 Å². The highest BCUT2D eigenvalue weighted by Crippen LogP contribution is 2.28. The van der Waals surface area contributed by atoms with Crippen molar-refractivity contribution in [1.82, 2.24) is 0 Å². The van der Waals surface area contributed by atoms with Gasteiger partial charge < -0.3 is 18.9 Å². The number of benzene rings is 4. The first kappa shape index (κ1) is 35.5. The van der Waals surface area contributed by atoms with Gasteiger partial charge in [0.15, 0.2) is 5.82 Å². The predicted octanol–water partition coefficient (Wildman–Crippen LogP) is 10.1. The van der Waals surface area contributed by atoms with Crippen LogP contribution >= 0.6 is 0 Å². The lowest BCUT2D eigenvalue weighted by Gasteiger charge is -2.07. The van der Waals surface area contributed by atoms with Crippen molar-refractivity contribution < 1.29 is 32.9 Å². The molecule has 0 aliphatic carbocycles. The van der Waals surface area contributed by atoms with Crippen molar-refractivity contribution >= 4 is 46.1 Å². The predicted molar refractivity (Wildman–Crippen MR) is 181 cm³/mol. The minimum absolute atomic E-state index is 0.0402. The highest BCUT2D eigenvalue weighted by molar-refractivity contribution is 5.87. The molecule has 0 radical (unpaired) electrons. The van der Waals surface area contributed by atoms with Crippen LogP contribution in [0.5, 0.6) is 11.5 Å². The normalized spacial score (nSPS) is 11.2. The molecule has 0 aliphatic rings. The molecule has 0 spiro atoms. The first-order valence-electron chi connectivity index (χ1n) is 14.9. The average Bonchev–Trinajstić information content (AvgIpc) is 3.11. The van der Waals surface area contributed by atoms with Gasteiger partial charge in [-0.05, 0) is 98.8 Å². The fraction of sp³-hybridized carbons (Fsp3) is 0.167. The number of halogens is 1. The summed E-state index contributed by atoms with van der Waals surface area (Å²) in [5.41, 5.74) is 3.23. The van der Waals surface area contributed by atoms with E-state index < -0.39 is 17.8 Å². The summed E-state index contributed by atoms with van der Waals surface area (Å²) in [6.07, 6.45) is 0. The maximum atomic E-state index is 14.7. The summed E-state index contributed by atoms with van der Waals surface area (Å²) in [5.74, 6) is -0.364. The highest BCUT2D eigenvalue weighted by atomic mass is 19.1. The van der Waals surface area contributed by atoms with Gasteiger partial charge in [0.25, 0.3) is 0 Å². The van der Waals surface area contributed by atoms with Crippen LogP contribution < -0.4 is 9.47 Å². The van der Waals surface area contributed by atoms with Gasteiger partial charge in [-0.2, -0.15) is 25.6 Å². The molecule has 250 valence electrons. The van der Waals surface area contributed by atoms with Crippen LogP contribution in [0.1, 0.15) is 13.8 Å². The van der Waals surface area contributed by atoms with Crippen molar-refractivity contribution in [2.75, 3.05) is 26.4 Å². The summed E-state index contributed by atoms with van der Waals surface area (Å²) in [7, 11) is 0. The summed E-state index contributed by atoms with van der Waals surface area (Å²) in [6, 6.07) is 24.8. The van der Waals surface area contributed by atoms with Crippen LogP contribution in [-0.4, -0.2) is 38.4 Å². The lowest BCUT2D eigenvalue weighted by atomic mass is 10.3. The number of nitrogens with zero attached hydrogens (tertiary/aromatic N) is 6. The van der Waals surface area contributed by atoms with Crippen LogP contribution in [0, 0.1) is 5.82 Å². The molecular formula is C36H33FN6O6. The lowest BCUT2D eigenvalue weighted by Crippen LogP contribution is -2.12. The Balaban J connectivity index is 1.23. The van der Waals surface area contributed by atoms with Gasteiger partial charge in [-0.1, -0.05) is 13.2 Å². The summed E-state index contributed by atoms with van der Waals surface area (Å²) in [6.45, 7) is 10.8. The Morgan fingerprint density at radius 1 is 0.531 bits per heavy atom. The number of azo groups is 3. The van der Waals surface area contributed by atoms with E-state index in [2.05, 4.69) is 43.8 Å². The molecule has 0 saturated heterocycles. The van der Waals surface area contributed by atoms with Gasteiger partial charge in [0.1, 0.15) is 43.6 Å². The number of carbonyl (C=O) groups excluding carboxylic acids is 2. The molecule has 0 heterocycles. The number of hydrogen-bond acceptors (Lipinski definition) is 12. The minimum atomic E-state index is -0.607. The van der Waals surface area contributed by atoms with Gasteiger partial charge in [0.2, 0.25) is 0 Å². The number of esters is 2. The van der Waals surface area contributed by atoms with E-state index in [9.17, 15) is 14.0 Å². The third-order valence-electron chi connectivity index (χ3n) is 6.16. The number of hydrogen-bond donors (Lipinski definition) is 0. The molecule has 0 amide bonds. The SMILES string of the molecule is C=C(C)C(=O)OCCOc1ccc(N=Nc2ccc(N=Nc3ccc(N=Nc4ccc(OCCOC(=O)C(=C)C)cc4)cc3F)cc2)cc1. The maximum absolute atomic E-state index is 14.7. The molecule has 0 bridgehead atoms. The molecule has 4 aromatic carbocycles. The van der Waals surface area contributed by atoms with Crippen molar-refractivity contribution in [1.29, 1.82) is 0 Å². The van der Waals surface area contributed by atoms with Crippen LogP contribution in [-0.2, 0) is 19.1 Å². The first-order valence-corrected chi connectivity index (χ1v) is 14.9. The molecule has 0 N–H and O–H groups in total. The highest BCUT2D eigenvalue weighted by Gasteiger charge is 2.05. The van der Waals surface area contributed by atoms with E-state index in [0.29, 0.717) is 51.1 Å². The van der Waals surface area contributed by atoms with Gasteiger partial charge in [0.05, 0.1) is 28.4 Å². The zero-order chi connectivity index (χ0) is 35.0. The Morgan fingerprint density at radius 2 is 0.878 bits per heavy atom. The monoisotopic (exact) mass is 664 g/mol. The fourth-order valence-electron chi connectivity index (χ4n) is 3.62. The summed E-state index contributed by atoms with van der Waals surface area (Å²) in [5, 5.41) is 24.7. The molecule has 0 atom stereocenters. The van der Waals surface area contributed by atoms with Crippen LogP contribution in [0.4, 0.5) is 38.5 Å². The zero-order valence-electron chi connectivity index (χ0n) is 26.9. The molecule has 49 heavy (non-hydrogen) atoms. The molecular weight excluding hydrogens is 631 g/mol. The van der Waals surface area contributed by atoms with Crippen molar-refractivity contribution in [3.63, 3.8) is 0 Å². The van der Waals surface area contributed by atoms with Crippen molar-refractivity contribution in [2.24, 2.45) is 30.7 Å². The second-order valence-corrected chi connectivity index (χ2v) is 10.3. The smallest absolute Gasteiger partial charge is 0.333 e. The van der Waals surface area contributed by atoms with Crippen molar-refractivity contribution in [2.45, 2.75) is 13.8 Å². The van der Waals surface area contributed by atoms with Gasteiger partial charge >= 0.3 is 11.9 Å². The molecule has 13 heteroatoms. The molecule has 0 aliphatic heterocycles. The summed E-state index contributed by atoms with van der Waals surface area (Å²) in [4.78, 5) is 22.8. The second kappa shape index (κ2) is 18.1. The van der Waals surface area contributed by atoms with Crippen LogP contribution in [0.2, 0.25) is 0 Å². The van der Waals surface area contributed by atoms with E-state index >= 15 is 0 Å². The molecule has 0 unspecified atom stereocenters. The Hall–Kier alpha value is -6.37. The largest absolute Gasteiger partial charge is 0.490 e. The van der Waals surface area contributed by atoms with Crippen LogP contribution in [0.3, 0.4) is 0 Å². The van der Waals surface area contributed by atoms with E-state index in [0.717, 1.165) is 0 Å². The van der Waals surface area contributed by atoms with Crippen molar-refractivity contribution in [3.05, 3.63) is 121 Å². The Morgan fingerprint density at radius 3 is 1.27 bits per heavy atom. The first-order chi connectivity index (χ1) is 23.7. The van der Waals surface area contributed by atoms with E-state index in [-0.39, 0.29) is 32.1 Å². The zero-order valence-corrected chi connectivity index (χ0v) is 26.9. The van der Waals surface area contributed by atoms with Gasteiger partial charge in [-0.15, -0.1) is 5.11 Å². The number of ether oxygens (including phenoxy) is 4. The second-order valence-electron chi connectivity index (χ2n) is 10.3. The number of carbonyl (C=O) groups is 2. The molecule has 0 saturated carbocycles. The van der Waals surface area contributed by atoms with Crippen molar-refractivity contribution in [3.8, 4) is 11.5 Å². The van der Waals surface area contributed by atoms with E-state index in [4.69, 9.17) is 18.9 Å². The van der Waals surface area contributed by atoms with Crippen LogP contribution in [0.25, 0.3) is 0 Å². The average molecular weight is 665 g/mol. The number of rotatable bonds is 16. The third kappa shape index (κ3) is 12.1. The molecule has 4 rings (SSSR count). The van der Waals surface area contributed by atoms with E-state index in [1.807, 2.05) is 0 Å². The van der Waals surface area contributed by atoms with Gasteiger partial charge in [0, 0.05) is 17.2 Å². The topological polar surface area (TPSA) is 145 Å². The maximum Gasteiger partial charge on any atom is 0.333 e. The Kier molecular flexibility index (Phi) is 13.1. The van der Waals surface area contributed by atoms with Gasteiger partial charge in [-0.25, -0.2) is 14.0 Å². The Labute approximate surface area is 282 Å². The molecule has 4 aromatic rings. The summed E-state index contributed by atoms with van der Waals surface area (Å²) >= 11 is 0. The lowest BCUT2D eigenvalue weighted by molar-refractivity contribution is -0.140. The summed E-state index contributed by atoms with van der Waals surface area (Å²) < 4.78 is 35.7. The third-order valence-corrected chi connectivity index (χ3v) is 6.16.